The molecule has 1 saturated heterocycles. The maximum absolute atomic E-state index is 12.4. The number of anilines is 1. The Bertz CT molecular complexity index is 955. The van der Waals surface area contributed by atoms with Crippen LogP contribution < -0.4 is 15.4 Å². The Morgan fingerprint density at radius 2 is 1.73 bits per heavy atom. The Balaban J connectivity index is 1.51. The summed E-state index contributed by atoms with van der Waals surface area (Å²) >= 11 is 0. The quantitative estimate of drug-likeness (QED) is 0.668. The third-order valence-corrected chi connectivity index (χ3v) is 6.21. The van der Waals surface area contributed by atoms with Gasteiger partial charge in [-0.1, -0.05) is 30.3 Å². The van der Waals surface area contributed by atoms with Gasteiger partial charge in [0.25, 0.3) is 0 Å². The molecule has 1 amide bonds. The number of para-hydroxylation sites is 1. The van der Waals surface area contributed by atoms with Crippen molar-refractivity contribution in [1.29, 1.82) is 0 Å². The molecule has 1 aliphatic heterocycles. The summed E-state index contributed by atoms with van der Waals surface area (Å²) in [5.41, 5.74) is 3.31. The van der Waals surface area contributed by atoms with E-state index in [4.69, 9.17) is 5.14 Å². The molecular formula is C22H30N4O3S. The lowest BCUT2D eigenvalue weighted by Crippen LogP contribution is -2.35. The summed E-state index contributed by atoms with van der Waals surface area (Å²) in [5.74, 6) is -0.0801. The number of benzene rings is 2. The molecule has 0 radical (unpaired) electrons. The van der Waals surface area contributed by atoms with Gasteiger partial charge in [-0.3, -0.25) is 9.69 Å². The molecule has 3 N–H and O–H groups in total. The minimum absolute atomic E-state index is 0.0599. The van der Waals surface area contributed by atoms with Gasteiger partial charge in [-0.2, -0.15) is 0 Å². The number of rotatable bonds is 8. The van der Waals surface area contributed by atoms with Gasteiger partial charge in [-0.25, -0.2) is 13.6 Å². The maximum Gasteiger partial charge on any atom is 0.238 e. The molecule has 1 heterocycles. The number of hydrogen-bond acceptors (Lipinski definition) is 5. The van der Waals surface area contributed by atoms with E-state index in [9.17, 15) is 13.2 Å². The number of piperidine rings is 1. The fourth-order valence-electron chi connectivity index (χ4n) is 3.73. The number of carbonyl (C=O) groups is 1. The molecule has 0 atom stereocenters. The van der Waals surface area contributed by atoms with Crippen molar-refractivity contribution >= 4 is 21.6 Å². The van der Waals surface area contributed by atoms with Gasteiger partial charge in [0.1, 0.15) is 0 Å². The summed E-state index contributed by atoms with van der Waals surface area (Å²) in [4.78, 5) is 16.9. The third-order valence-electron chi connectivity index (χ3n) is 5.28. The second-order valence-electron chi connectivity index (χ2n) is 7.81. The molecule has 30 heavy (non-hydrogen) atoms. The van der Waals surface area contributed by atoms with Gasteiger partial charge in [0.2, 0.25) is 15.9 Å². The van der Waals surface area contributed by atoms with Crippen molar-refractivity contribution in [2.24, 2.45) is 5.14 Å². The van der Waals surface area contributed by atoms with Crippen molar-refractivity contribution in [2.45, 2.75) is 37.2 Å². The van der Waals surface area contributed by atoms with Gasteiger partial charge in [0.15, 0.2) is 0 Å². The predicted molar refractivity (Wildman–Crippen MR) is 119 cm³/mol. The summed E-state index contributed by atoms with van der Waals surface area (Å²) < 4.78 is 22.6. The molecule has 0 unspecified atom stereocenters. The van der Waals surface area contributed by atoms with Crippen molar-refractivity contribution < 1.29 is 13.2 Å². The van der Waals surface area contributed by atoms with E-state index in [0.717, 1.165) is 18.7 Å². The maximum atomic E-state index is 12.4. The van der Waals surface area contributed by atoms with Crippen LogP contribution in [-0.2, 0) is 27.9 Å². The van der Waals surface area contributed by atoms with Gasteiger partial charge < -0.3 is 10.2 Å². The van der Waals surface area contributed by atoms with Crippen LogP contribution in [0.25, 0.3) is 0 Å². The molecule has 2 aromatic rings. The average molecular weight is 431 g/mol. The Morgan fingerprint density at radius 3 is 2.40 bits per heavy atom. The number of hydrogen-bond donors (Lipinski definition) is 2. The van der Waals surface area contributed by atoms with Crippen LogP contribution in [0.4, 0.5) is 5.69 Å². The average Bonchev–Trinajstić information content (AvgIpc) is 2.73. The van der Waals surface area contributed by atoms with Crippen LogP contribution in [-0.4, -0.2) is 45.9 Å². The number of likely N-dealkylation sites (N-methyl/N-ethyl adjacent to an activating group) is 1. The van der Waals surface area contributed by atoms with Crippen LogP contribution >= 0.6 is 0 Å². The summed E-state index contributed by atoms with van der Waals surface area (Å²) in [6, 6.07) is 14.6. The number of nitrogens with one attached hydrogen (secondary N) is 1. The second kappa shape index (κ2) is 10.1. The molecular weight excluding hydrogens is 400 g/mol. The highest BCUT2D eigenvalue weighted by atomic mass is 32.2. The first-order chi connectivity index (χ1) is 14.3. The number of primary sulfonamides is 1. The van der Waals surface area contributed by atoms with Crippen molar-refractivity contribution in [3.8, 4) is 0 Å². The molecule has 1 fully saturated rings. The van der Waals surface area contributed by atoms with Crippen LogP contribution in [0.2, 0.25) is 0 Å². The number of sulfonamides is 1. The molecule has 3 rings (SSSR count). The van der Waals surface area contributed by atoms with E-state index in [1.807, 2.05) is 18.0 Å². The van der Waals surface area contributed by atoms with E-state index in [-0.39, 0.29) is 17.3 Å². The van der Waals surface area contributed by atoms with Crippen molar-refractivity contribution in [1.82, 2.24) is 10.2 Å². The minimum atomic E-state index is -3.71. The number of amides is 1. The summed E-state index contributed by atoms with van der Waals surface area (Å²) in [6.07, 6.45) is 3.75. The van der Waals surface area contributed by atoms with Gasteiger partial charge in [-0.15, -0.1) is 0 Å². The van der Waals surface area contributed by atoms with E-state index in [0.29, 0.717) is 13.1 Å². The fourth-order valence-corrected chi connectivity index (χ4v) is 4.25. The Kier molecular flexibility index (Phi) is 7.47. The van der Waals surface area contributed by atoms with Crippen LogP contribution in [0.1, 0.15) is 30.4 Å². The molecule has 8 heteroatoms. The lowest BCUT2D eigenvalue weighted by molar-refractivity contribution is -0.122. The molecule has 162 valence electrons. The van der Waals surface area contributed by atoms with E-state index in [2.05, 4.69) is 28.4 Å². The highest BCUT2D eigenvalue weighted by Crippen LogP contribution is 2.25. The zero-order valence-corrected chi connectivity index (χ0v) is 18.2. The monoisotopic (exact) mass is 430 g/mol. The lowest BCUT2D eigenvalue weighted by atomic mass is 10.1. The van der Waals surface area contributed by atoms with E-state index in [1.54, 1.807) is 12.1 Å². The van der Waals surface area contributed by atoms with Gasteiger partial charge in [-0.05, 0) is 55.6 Å². The molecule has 2 aromatic carbocycles. The Morgan fingerprint density at radius 1 is 1.07 bits per heavy atom. The zero-order chi connectivity index (χ0) is 21.6. The first kappa shape index (κ1) is 22.3. The Labute approximate surface area is 178 Å². The van der Waals surface area contributed by atoms with E-state index < -0.39 is 10.0 Å². The standard InChI is InChI=1S/C22H30N4O3S/c1-25(16-19-7-3-4-8-21(19)26-13-5-2-6-14-26)17-22(27)24-15-18-9-11-20(12-10-18)30(23,28)29/h3-4,7-12H,2,5-6,13-17H2,1H3,(H,24,27)(H2,23,28,29). The van der Waals surface area contributed by atoms with E-state index in [1.165, 1.54) is 42.6 Å². The molecule has 0 bridgehead atoms. The lowest BCUT2D eigenvalue weighted by Gasteiger charge is -2.31. The van der Waals surface area contributed by atoms with Crippen molar-refractivity contribution in [3.63, 3.8) is 0 Å². The summed E-state index contributed by atoms with van der Waals surface area (Å²) in [7, 11) is -1.77. The van der Waals surface area contributed by atoms with Crippen LogP contribution in [0.15, 0.2) is 53.4 Å². The van der Waals surface area contributed by atoms with Crippen LogP contribution in [0.5, 0.6) is 0 Å². The zero-order valence-electron chi connectivity index (χ0n) is 17.4. The molecule has 1 aliphatic rings. The first-order valence-corrected chi connectivity index (χ1v) is 11.8. The normalized spacial score (nSPS) is 14.7. The smallest absolute Gasteiger partial charge is 0.238 e. The van der Waals surface area contributed by atoms with Crippen LogP contribution in [0, 0.1) is 0 Å². The van der Waals surface area contributed by atoms with Crippen molar-refractivity contribution in [3.05, 3.63) is 59.7 Å². The highest BCUT2D eigenvalue weighted by molar-refractivity contribution is 7.89. The number of carbonyl (C=O) groups excluding carboxylic acids is 1. The predicted octanol–water partition coefficient (Wildman–Crippen LogP) is 2.07. The SMILES string of the molecule is CN(CC(=O)NCc1ccc(S(N)(=O)=O)cc1)Cc1ccccc1N1CCCCC1. The minimum Gasteiger partial charge on any atom is -0.371 e. The third kappa shape index (κ3) is 6.29. The van der Waals surface area contributed by atoms with E-state index >= 15 is 0 Å². The molecule has 0 saturated carbocycles. The van der Waals surface area contributed by atoms with Gasteiger partial charge in [0.05, 0.1) is 11.4 Å². The summed E-state index contributed by atoms with van der Waals surface area (Å²) in [6.45, 7) is 3.49. The molecule has 0 aliphatic carbocycles. The van der Waals surface area contributed by atoms with Gasteiger partial charge in [0, 0.05) is 31.9 Å². The number of nitrogens with two attached hydrogens (primary N) is 1. The molecule has 0 aromatic heterocycles. The number of nitrogens with zero attached hydrogens (tertiary/aromatic N) is 2. The summed E-state index contributed by atoms with van der Waals surface area (Å²) in [5, 5.41) is 7.98. The van der Waals surface area contributed by atoms with Crippen LogP contribution in [0.3, 0.4) is 0 Å². The van der Waals surface area contributed by atoms with Gasteiger partial charge >= 0.3 is 0 Å². The molecule has 0 spiro atoms. The first-order valence-electron chi connectivity index (χ1n) is 10.2. The second-order valence-corrected chi connectivity index (χ2v) is 9.38. The highest BCUT2D eigenvalue weighted by Gasteiger charge is 2.16. The Hall–Kier alpha value is -2.42. The topological polar surface area (TPSA) is 95.7 Å². The van der Waals surface area contributed by atoms with Crippen molar-refractivity contribution in [2.75, 3.05) is 31.6 Å². The fraction of sp³-hybridized carbons (Fsp3) is 0.409. The largest absolute Gasteiger partial charge is 0.371 e. The molecule has 7 nitrogen and oxygen atoms in total.